The highest BCUT2D eigenvalue weighted by Crippen LogP contribution is 2.35. The highest BCUT2D eigenvalue weighted by molar-refractivity contribution is 14.1. The van der Waals surface area contributed by atoms with Crippen molar-refractivity contribution >= 4 is 28.4 Å². The van der Waals surface area contributed by atoms with E-state index in [1.54, 1.807) is 0 Å². The van der Waals surface area contributed by atoms with Crippen LogP contribution in [0.25, 0.3) is 0 Å². The van der Waals surface area contributed by atoms with E-state index >= 15 is 0 Å². The van der Waals surface area contributed by atoms with E-state index in [9.17, 15) is 0 Å². The fraction of sp³-hybridized carbons (Fsp3) is 0.545. The molecule has 2 rings (SSSR count). The van der Waals surface area contributed by atoms with Gasteiger partial charge in [0.15, 0.2) is 0 Å². The second-order valence-corrected chi connectivity index (χ2v) is 5.08. The molecule has 1 N–H and O–H groups in total. The summed E-state index contributed by atoms with van der Waals surface area (Å²) < 4.78 is 1.23. The second kappa shape index (κ2) is 4.04. The first kappa shape index (κ1) is 10.2. The van der Waals surface area contributed by atoms with Crippen LogP contribution in [0.2, 0.25) is 0 Å². The molecule has 2 unspecified atom stereocenters. The van der Waals surface area contributed by atoms with E-state index in [0.29, 0.717) is 6.04 Å². The highest BCUT2D eigenvalue weighted by Gasteiger charge is 2.35. The Morgan fingerprint density at radius 3 is 2.93 bits per heavy atom. The van der Waals surface area contributed by atoms with E-state index < -0.39 is 0 Å². The van der Waals surface area contributed by atoms with Crippen LogP contribution in [0.1, 0.15) is 25.5 Å². The number of hydrogen-bond acceptors (Lipinski definition) is 2. The normalized spacial score (nSPS) is 24.8. The first-order valence-corrected chi connectivity index (χ1v) is 6.18. The summed E-state index contributed by atoms with van der Waals surface area (Å²) in [6.07, 6.45) is 2.59. The van der Waals surface area contributed by atoms with Crippen LogP contribution in [-0.2, 0) is 0 Å². The number of aromatic nitrogens is 1. The molecule has 1 aromatic rings. The average molecular weight is 302 g/mol. The Hall–Kier alpha value is -0.320. The minimum absolute atomic E-state index is 0.673. The van der Waals surface area contributed by atoms with Gasteiger partial charge in [0.1, 0.15) is 5.82 Å². The monoisotopic (exact) mass is 302 g/mol. The van der Waals surface area contributed by atoms with Crippen LogP contribution in [0.4, 0.5) is 5.82 Å². The summed E-state index contributed by atoms with van der Waals surface area (Å²) in [4.78, 5) is 4.50. The maximum Gasteiger partial charge on any atom is 0.126 e. The van der Waals surface area contributed by atoms with Crippen molar-refractivity contribution < 1.29 is 0 Å². The molecular formula is C11H15IN2. The predicted octanol–water partition coefficient (Wildman–Crippen LogP) is 3.21. The molecule has 1 saturated carbocycles. The molecule has 1 aliphatic carbocycles. The van der Waals surface area contributed by atoms with Gasteiger partial charge in [-0.3, -0.25) is 0 Å². The average Bonchev–Trinajstić information content (AvgIpc) is 2.90. The summed E-state index contributed by atoms with van der Waals surface area (Å²) in [5.74, 6) is 1.90. The molecule has 1 aliphatic rings. The van der Waals surface area contributed by atoms with E-state index in [1.807, 2.05) is 0 Å². The highest BCUT2D eigenvalue weighted by atomic mass is 127. The maximum absolute atomic E-state index is 4.50. The molecule has 0 spiro atoms. The fourth-order valence-electron chi connectivity index (χ4n) is 1.69. The molecule has 0 amide bonds. The largest absolute Gasteiger partial charge is 0.367 e. The van der Waals surface area contributed by atoms with Crippen LogP contribution in [0.15, 0.2) is 12.1 Å². The lowest BCUT2D eigenvalue weighted by Gasteiger charge is -2.06. The van der Waals surface area contributed by atoms with Gasteiger partial charge >= 0.3 is 0 Å². The summed E-state index contributed by atoms with van der Waals surface area (Å²) >= 11 is 2.31. The third-order valence-corrected chi connectivity index (χ3v) is 3.94. The Morgan fingerprint density at radius 2 is 2.36 bits per heavy atom. The number of aryl methyl sites for hydroxylation is 1. The number of rotatable bonds is 3. The lowest BCUT2D eigenvalue weighted by molar-refractivity contribution is 0.773. The SMILES string of the molecule is CCC1CC1Nc1ccc(I)c(C)n1. The van der Waals surface area contributed by atoms with Crippen molar-refractivity contribution in [3.05, 3.63) is 21.4 Å². The fourth-order valence-corrected chi connectivity index (χ4v) is 1.99. The molecule has 1 aromatic heterocycles. The lowest BCUT2D eigenvalue weighted by Crippen LogP contribution is -2.06. The Bertz CT molecular complexity index is 338. The Balaban J connectivity index is 2.00. The van der Waals surface area contributed by atoms with Crippen LogP contribution in [-0.4, -0.2) is 11.0 Å². The molecule has 2 atom stereocenters. The van der Waals surface area contributed by atoms with E-state index in [1.165, 1.54) is 16.4 Å². The Labute approximate surface area is 98.6 Å². The lowest BCUT2D eigenvalue weighted by atomic mass is 10.3. The topological polar surface area (TPSA) is 24.9 Å². The quantitative estimate of drug-likeness (QED) is 0.867. The van der Waals surface area contributed by atoms with E-state index in [-0.39, 0.29) is 0 Å². The minimum atomic E-state index is 0.673. The van der Waals surface area contributed by atoms with Gasteiger partial charge in [0.25, 0.3) is 0 Å². The number of nitrogens with one attached hydrogen (secondary N) is 1. The van der Waals surface area contributed by atoms with E-state index in [2.05, 4.69) is 58.9 Å². The van der Waals surface area contributed by atoms with Gasteiger partial charge in [0, 0.05) is 9.61 Å². The molecule has 1 heterocycles. The zero-order valence-corrected chi connectivity index (χ0v) is 10.7. The van der Waals surface area contributed by atoms with E-state index in [0.717, 1.165) is 17.4 Å². The number of anilines is 1. The van der Waals surface area contributed by atoms with Gasteiger partial charge in [0.2, 0.25) is 0 Å². The molecule has 14 heavy (non-hydrogen) atoms. The van der Waals surface area contributed by atoms with Crippen molar-refractivity contribution in [2.75, 3.05) is 5.32 Å². The van der Waals surface area contributed by atoms with Gasteiger partial charge in [-0.25, -0.2) is 4.98 Å². The third kappa shape index (κ3) is 2.19. The van der Waals surface area contributed by atoms with Gasteiger partial charge in [-0.1, -0.05) is 13.3 Å². The van der Waals surface area contributed by atoms with E-state index in [4.69, 9.17) is 0 Å². The summed E-state index contributed by atoms with van der Waals surface area (Å²) in [5, 5.41) is 3.47. The molecular weight excluding hydrogens is 287 g/mol. The smallest absolute Gasteiger partial charge is 0.126 e. The van der Waals surface area contributed by atoms with Crippen molar-refractivity contribution in [2.45, 2.75) is 32.7 Å². The summed E-state index contributed by atoms with van der Waals surface area (Å²) in [5.41, 5.74) is 1.12. The molecule has 0 saturated heterocycles. The minimum Gasteiger partial charge on any atom is -0.367 e. The third-order valence-electron chi connectivity index (χ3n) is 2.80. The molecule has 0 radical (unpaired) electrons. The predicted molar refractivity (Wildman–Crippen MR) is 67.5 cm³/mol. The molecule has 3 heteroatoms. The summed E-state index contributed by atoms with van der Waals surface area (Å²) in [7, 11) is 0. The maximum atomic E-state index is 4.50. The van der Waals surface area contributed by atoms with Gasteiger partial charge < -0.3 is 5.32 Å². The van der Waals surface area contributed by atoms with Crippen LogP contribution in [0.3, 0.4) is 0 Å². The number of pyridine rings is 1. The summed E-state index contributed by atoms with van der Waals surface area (Å²) in [6, 6.07) is 4.86. The molecule has 0 aromatic carbocycles. The van der Waals surface area contributed by atoms with Gasteiger partial charge in [-0.2, -0.15) is 0 Å². The molecule has 2 nitrogen and oxygen atoms in total. The molecule has 1 fully saturated rings. The molecule has 0 bridgehead atoms. The number of hydrogen-bond donors (Lipinski definition) is 1. The van der Waals surface area contributed by atoms with Gasteiger partial charge in [-0.15, -0.1) is 0 Å². The van der Waals surface area contributed by atoms with Crippen LogP contribution >= 0.6 is 22.6 Å². The second-order valence-electron chi connectivity index (χ2n) is 3.92. The van der Waals surface area contributed by atoms with Crippen molar-refractivity contribution in [1.29, 1.82) is 0 Å². The number of halogens is 1. The molecule has 0 aliphatic heterocycles. The van der Waals surface area contributed by atoms with Crippen LogP contribution in [0, 0.1) is 16.4 Å². The van der Waals surface area contributed by atoms with Gasteiger partial charge in [-0.05, 0) is 54.0 Å². The summed E-state index contributed by atoms with van der Waals surface area (Å²) in [6.45, 7) is 4.30. The van der Waals surface area contributed by atoms with Crippen LogP contribution in [0.5, 0.6) is 0 Å². The number of nitrogens with zero attached hydrogens (tertiary/aromatic N) is 1. The van der Waals surface area contributed by atoms with Gasteiger partial charge in [0.05, 0.1) is 5.69 Å². The first-order valence-electron chi connectivity index (χ1n) is 5.10. The zero-order chi connectivity index (χ0) is 10.1. The molecule has 76 valence electrons. The Kier molecular flexibility index (Phi) is 2.95. The van der Waals surface area contributed by atoms with Crippen molar-refractivity contribution in [1.82, 2.24) is 4.98 Å². The standard InChI is InChI=1S/C11H15IN2/c1-3-8-6-10(8)14-11-5-4-9(12)7(2)13-11/h4-5,8,10H,3,6H2,1-2H3,(H,13,14). The van der Waals surface area contributed by atoms with Crippen LogP contribution < -0.4 is 5.32 Å². The first-order chi connectivity index (χ1) is 6.70. The zero-order valence-electron chi connectivity index (χ0n) is 8.55. The Morgan fingerprint density at radius 1 is 1.57 bits per heavy atom. The van der Waals surface area contributed by atoms with Crippen molar-refractivity contribution in [3.63, 3.8) is 0 Å². The van der Waals surface area contributed by atoms with Crippen molar-refractivity contribution in [3.8, 4) is 0 Å². The van der Waals surface area contributed by atoms with Crippen molar-refractivity contribution in [2.24, 2.45) is 5.92 Å².